The van der Waals surface area contributed by atoms with Crippen molar-refractivity contribution in [2.45, 2.75) is 0 Å². The van der Waals surface area contributed by atoms with Crippen molar-refractivity contribution in [3.05, 3.63) is 24.0 Å². The van der Waals surface area contributed by atoms with E-state index in [1.807, 2.05) is 0 Å². The van der Waals surface area contributed by atoms with E-state index >= 15 is 0 Å². The van der Waals surface area contributed by atoms with Crippen LogP contribution in [0.4, 0.5) is 5.69 Å². The van der Waals surface area contributed by atoms with Crippen LogP contribution < -0.4 is 5.73 Å². The van der Waals surface area contributed by atoms with Crippen LogP contribution >= 0.6 is 11.5 Å². The Morgan fingerprint density at radius 2 is 2.25 bits per heavy atom. The monoisotopic (exact) mass is 178 g/mol. The first kappa shape index (κ1) is 7.17. The Morgan fingerprint density at radius 1 is 1.33 bits per heavy atom. The van der Waals surface area contributed by atoms with Crippen LogP contribution in [-0.2, 0) is 0 Å². The van der Waals surface area contributed by atoms with Crippen LogP contribution in [0.15, 0.2) is 24.0 Å². The van der Waals surface area contributed by atoms with Crippen molar-refractivity contribution in [2.24, 2.45) is 0 Å². The summed E-state index contributed by atoms with van der Waals surface area (Å²) in [5, 5.41) is 0. The summed E-state index contributed by atoms with van der Waals surface area (Å²) in [5.41, 5.74) is 8.71. The van der Waals surface area contributed by atoms with Gasteiger partial charge in [0, 0.05) is 18.0 Å². The predicted molar refractivity (Wildman–Crippen MR) is 47.6 cm³/mol. The van der Waals surface area contributed by atoms with Gasteiger partial charge in [0.05, 0.1) is 5.69 Å². The van der Waals surface area contributed by atoms with Gasteiger partial charge < -0.3 is 5.73 Å². The molecule has 0 amide bonds. The van der Waals surface area contributed by atoms with Gasteiger partial charge in [-0.25, -0.2) is 4.98 Å². The van der Waals surface area contributed by atoms with Crippen molar-refractivity contribution in [3.63, 3.8) is 0 Å². The Kier molecular flexibility index (Phi) is 1.71. The molecule has 12 heavy (non-hydrogen) atoms. The normalized spacial score (nSPS) is 10.0. The van der Waals surface area contributed by atoms with Gasteiger partial charge in [0.1, 0.15) is 5.51 Å². The summed E-state index contributed by atoms with van der Waals surface area (Å²) in [6.45, 7) is 0. The van der Waals surface area contributed by atoms with Crippen LogP contribution in [0.2, 0.25) is 0 Å². The first-order chi connectivity index (χ1) is 5.86. The lowest BCUT2D eigenvalue weighted by Crippen LogP contribution is -1.88. The number of hydrogen-bond acceptors (Lipinski definition) is 5. The van der Waals surface area contributed by atoms with E-state index in [1.165, 1.54) is 11.5 Å². The highest BCUT2D eigenvalue weighted by Crippen LogP contribution is 2.16. The lowest BCUT2D eigenvalue weighted by molar-refractivity contribution is 1.27. The molecular formula is C7H6N4S. The molecule has 0 aromatic carbocycles. The highest BCUT2D eigenvalue weighted by atomic mass is 32.1. The molecule has 0 atom stereocenters. The van der Waals surface area contributed by atoms with Gasteiger partial charge in [0.2, 0.25) is 0 Å². The number of hydrogen-bond donors (Lipinski definition) is 1. The van der Waals surface area contributed by atoms with Gasteiger partial charge in [-0.2, -0.15) is 4.37 Å². The van der Waals surface area contributed by atoms with Gasteiger partial charge >= 0.3 is 0 Å². The second-order valence-corrected chi connectivity index (χ2v) is 2.87. The van der Waals surface area contributed by atoms with Crippen molar-refractivity contribution in [3.8, 4) is 11.4 Å². The van der Waals surface area contributed by atoms with E-state index in [4.69, 9.17) is 5.73 Å². The molecule has 2 heterocycles. The maximum Gasteiger partial charge on any atom is 0.174 e. The number of pyridine rings is 1. The second-order valence-electron chi connectivity index (χ2n) is 2.26. The van der Waals surface area contributed by atoms with Crippen LogP contribution in [0.1, 0.15) is 0 Å². The predicted octanol–water partition coefficient (Wildman–Crippen LogP) is 1.18. The van der Waals surface area contributed by atoms with Crippen molar-refractivity contribution < 1.29 is 0 Å². The smallest absolute Gasteiger partial charge is 0.174 e. The highest BCUT2D eigenvalue weighted by molar-refractivity contribution is 7.03. The molecule has 0 aliphatic rings. The van der Waals surface area contributed by atoms with Crippen LogP contribution in [0.5, 0.6) is 0 Å². The minimum absolute atomic E-state index is 0.627. The van der Waals surface area contributed by atoms with Gasteiger partial charge in [0.25, 0.3) is 0 Å². The summed E-state index contributed by atoms with van der Waals surface area (Å²) < 4.78 is 4.06. The molecule has 5 heteroatoms. The van der Waals surface area contributed by atoms with Crippen LogP contribution in [-0.4, -0.2) is 14.3 Å². The Hall–Kier alpha value is -1.49. The van der Waals surface area contributed by atoms with E-state index in [1.54, 1.807) is 24.0 Å². The van der Waals surface area contributed by atoms with Gasteiger partial charge in [0.15, 0.2) is 5.82 Å². The first-order valence-electron chi connectivity index (χ1n) is 3.33. The zero-order valence-electron chi connectivity index (χ0n) is 6.14. The summed E-state index contributed by atoms with van der Waals surface area (Å²) in [6, 6.07) is 1.80. The molecule has 0 aliphatic heterocycles. The number of nitrogen functional groups attached to an aromatic ring is 1. The number of rotatable bonds is 1. The van der Waals surface area contributed by atoms with E-state index in [0.29, 0.717) is 11.5 Å². The first-order valence-corrected chi connectivity index (χ1v) is 4.17. The topological polar surface area (TPSA) is 64.7 Å². The van der Waals surface area contributed by atoms with Crippen LogP contribution in [0.3, 0.4) is 0 Å². The maximum absolute atomic E-state index is 5.55. The fourth-order valence-corrected chi connectivity index (χ4v) is 1.32. The molecule has 0 fully saturated rings. The van der Waals surface area contributed by atoms with E-state index in [-0.39, 0.29) is 0 Å². The zero-order chi connectivity index (χ0) is 8.39. The SMILES string of the molecule is Nc1cncc(-c2ncsn2)c1. The van der Waals surface area contributed by atoms with Crippen molar-refractivity contribution >= 4 is 17.2 Å². The Morgan fingerprint density at radius 3 is 2.92 bits per heavy atom. The van der Waals surface area contributed by atoms with Gasteiger partial charge in [-0.05, 0) is 17.6 Å². The fraction of sp³-hybridized carbons (Fsp3) is 0. The summed E-state index contributed by atoms with van der Waals surface area (Å²) in [7, 11) is 0. The Balaban J connectivity index is 2.48. The lowest BCUT2D eigenvalue weighted by Gasteiger charge is -1.94. The number of anilines is 1. The molecule has 0 bridgehead atoms. The molecule has 0 spiro atoms. The second kappa shape index (κ2) is 2.86. The number of aromatic nitrogens is 3. The Labute approximate surface area is 73.3 Å². The molecular weight excluding hydrogens is 172 g/mol. The molecule has 4 nitrogen and oxygen atoms in total. The van der Waals surface area contributed by atoms with E-state index in [9.17, 15) is 0 Å². The average Bonchev–Trinajstić information content (AvgIpc) is 2.56. The third-order valence-corrected chi connectivity index (χ3v) is 1.86. The largest absolute Gasteiger partial charge is 0.397 e. The van der Waals surface area contributed by atoms with Crippen LogP contribution in [0.25, 0.3) is 11.4 Å². The van der Waals surface area contributed by atoms with Gasteiger partial charge in [-0.15, -0.1) is 0 Å². The van der Waals surface area contributed by atoms with Gasteiger partial charge in [-0.3, -0.25) is 4.98 Å². The van der Waals surface area contributed by atoms with E-state index in [2.05, 4.69) is 14.3 Å². The minimum atomic E-state index is 0.627. The molecule has 0 unspecified atom stereocenters. The average molecular weight is 178 g/mol. The van der Waals surface area contributed by atoms with E-state index in [0.717, 1.165) is 5.56 Å². The molecule has 0 saturated carbocycles. The van der Waals surface area contributed by atoms with Crippen molar-refractivity contribution in [1.29, 1.82) is 0 Å². The number of nitrogens with zero attached hydrogens (tertiary/aromatic N) is 3. The number of nitrogens with two attached hydrogens (primary N) is 1. The summed E-state index contributed by atoms with van der Waals surface area (Å²) >= 11 is 1.31. The molecule has 60 valence electrons. The Bertz CT molecular complexity index is 371. The molecule has 2 aromatic rings. The minimum Gasteiger partial charge on any atom is -0.397 e. The lowest BCUT2D eigenvalue weighted by atomic mass is 10.2. The van der Waals surface area contributed by atoms with Gasteiger partial charge in [-0.1, -0.05) is 0 Å². The summed E-state index contributed by atoms with van der Waals surface area (Å²) in [4.78, 5) is 7.98. The summed E-state index contributed by atoms with van der Waals surface area (Å²) in [5.74, 6) is 0.680. The molecule has 2 aromatic heterocycles. The summed E-state index contributed by atoms with van der Waals surface area (Å²) in [6.07, 6.45) is 3.29. The molecule has 2 N–H and O–H groups in total. The third-order valence-electron chi connectivity index (χ3n) is 1.38. The zero-order valence-corrected chi connectivity index (χ0v) is 6.95. The standard InChI is InChI=1S/C7H6N4S/c8-6-1-5(2-9-3-6)7-10-4-12-11-7/h1-4H,8H2. The van der Waals surface area contributed by atoms with E-state index < -0.39 is 0 Å². The molecule has 0 aliphatic carbocycles. The van der Waals surface area contributed by atoms with Crippen LogP contribution in [0, 0.1) is 0 Å². The fourth-order valence-electron chi connectivity index (χ4n) is 0.878. The molecule has 0 radical (unpaired) electrons. The highest BCUT2D eigenvalue weighted by Gasteiger charge is 2.00. The molecule has 2 rings (SSSR count). The van der Waals surface area contributed by atoms with Crippen molar-refractivity contribution in [1.82, 2.24) is 14.3 Å². The quantitative estimate of drug-likeness (QED) is 0.712. The third kappa shape index (κ3) is 1.26. The maximum atomic E-state index is 5.55. The molecule has 0 saturated heterocycles. The van der Waals surface area contributed by atoms with Crippen molar-refractivity contribution in [2.75, 3.05) is 5.73 Å².